The summed E-state index contributed by atoms with van der Waals surface area (Å²) in [5.41, 5.74) is 1.42. The van der Waals surface area contributed by atoms with E-state index in [1.54, 1.807) is 42.5 Å². The molecule has 3 aromatic carbocycles. The van der Waals surface area contributed by atoms with Gasteiger partial charge in [0.1, 0.15) is 29.7 Å². The fourth-order valence-electron chi connectivity index (χ4n) is 3.76. The molecule has 37 heavy (non-hydrogen) atoms. The van der Waals surface area contributed by atoms with Gasteiger partial charge in [-0.1, -0.05) is 23.9 Å². The van der Waals surface area contributed by atoms with Crippen molar-refractivity contribution in [3.63, 3.8) is 0 Å². The third-order valence-corrected chi connectivity index (χ3v) is 6.57. The molecule has 1 N–H and O–H groups in total. The fourth-order valence-corrected chi connectivity index (χ4v) is 4.51. The molecule has 1 aromatic heterocycles. The summed E-state index contributed by atoms with van der Waals surface area (Å²) in [4.78, 5) is 27.9. The maximum absolute atomic E-state index is 12.8. The van der Waals surface area contributed by atoms with E-state index in [1.807, 2.05) is 11.6 Å². The highest BCUT2D eigenvalue weighted by molar-refractivity contribution is 8.15. The van der Waals surface area contributed by atoms with Gasteiger partial charge in [-0.15, -0.1) is 0 Å². The Labute approximate surface area is 215 Å². The number of hydrogen-bond acceptors (Lipinski definition) is 6. The summed E-state index contributed by atoms with van der Waals surface area (Å²) in [5, 5.41) is 0.0302. The Bertz CT molecular complexity index is 1520. The Morgan fingerprint density at radius 1 is 1.03 bits per heavy atom. The van der Waals surface area contributed by atoms with Gasteiger partial charge in [0, 0.05) is 13.1 Å². The largest absolute Gasteiger partial charge is 0.486 e. The molecule has 0 bridgehead atoms. The smallest absolute Gasteiger partial charge is 0.416 e. The van der Waals surface area contributed by atoms with E-state index in [9.17, 15) is 22.8 Å². The van der Waals surface area contributed by atoms with E-state index in [1.165, 1.54) is 12.1 Å². The summed E-state index contributed by atoms with van der Waals surface area (Å²) < 4.78 is 60.0. The minimum absolute atomic E-state index is 0.0805. The number of nitrogens with one attached hydrogen (secondary N) is 1. The van der Waals surface area contributed by atoms with Crippen LogP contribution in [0.3, 0.4) is 0 Å². The first kappa shape index (κ1) is 23.4. The number of halogens is 3. The second kappa shape index (κ2) is 9.81. The lowest BCUT2D eigenvalue weighted by atomic mass is 10.1. The Morgan fingerprint density at radius 2 is 1.70 bits per heavy atom. The number of aromatic nitrogens is 2. The van der Waals surface area contributed by atoms with Crippen LogP contribution in [-0.4, -0.2) is 25.9 Å². The van der Waals surface area contributed by atoms with Crippen molar-refractivity contribution in [3.8, 4) is 17.2 Å². The number of ether oxygens (including phenoxy) is 2. The topological polar surface area (TPSA) is 82.4 Å². The molecule has 2 amide bonds. The molecule has 1 aliphatic heterocycles. The summed E-state index contributed by atoms with van der Waals surface area (Å²) in [6.07, 6.45) is -4.33. The molecule has 1 saturated heterocycles. The maximum Gasteiger partial charge on any atom is 0.416 e. The molecule has 190 valence electrons. The van der Waals surface area contributed by atoms with Crippen LogP contribution >= 0.6 is 11.8 Å². The standard InChI is InChI=1S/C26H20F3N3O4S/c1-32-21-13-19(36-18-8-4-16(5-9-18)26(27,28)29)10-11-20(21)30-23(32)14-35-17-6-2-15(3-7-17)12-22-24(33)31-25(34)37-22/h2-11,13,22H,12,14H2,1H3,(H,31,33,34)/i22D. The number of alkyl halides is 3. The molecule has 1 unspecified atom stereocenters. The van der Waals surface area contributed by atoms with Gasteiger partial charge in [0.25, 0.3) is 5.24 Å². The molecule has 1 atom stereocenters. The molecular formula is C26H20F3N3O4S. The van der Waals surface area contributed by atoms with Crippen LogP contribution in [0.15, 0.2) is 66.7 Å². The van der Waals surface area contributed by atoms with Crippen molar-refractivity contribution in [1.82, 2.24) is 14.9 Å². The Hall–Kier alpha value is -3.99. The highest BCUT2D eigenvalue weighted by Crippen LogP contribution is 2.32. The predicted octanol–water partition coefficient (Wildman–Crippen LogP) is 5.86. The molecule has 0 aliphatic carbocycles. The highest BCUT2D eigenvalue weighted by Gasteiger charge is 2.31. The fraction of sp³-hybridized carbons (Fsp3) is 0.192. The Kier molecular flexibility index (Phi) is 6.21. The molecule has 5 rings (SSSR count). The predicted molar refractivity (Wildman–Crippen MR) is 132 cm³/mol. The number of amides is 2. The zero-order chi connectivity index (χ0) is 27.1. The number of imidazole rings is 1. The lowest BCUT2D eigenvalue weighted by Gasteiger charge is -2.10. The van der Waals surface area contributed by atoms with Gasteiger partial charge in [-0.3, -0.25) is 14.9 Å². The molecule has 2 heterocycles. The summed E-state index contributed by atoms with van der Waals surface area (Å²) >= 11 is 0.664. The first-order chi connectivity index (χ1) is 18.0. The second-order valence-electron chi connectivity index (χ2n) is 8.24. The number of thioether (sulfide) groups is 1. The highest BCUT2D eigenvalue weighted by atomic mass is 32.2. The molecule has 7 nitrogen and oxygen atoms in total. The first-order valence-electron chi connectivity index (χ1n) is 11.6. The minimum atomic E-state index is -4.41. The average Bonchev–Trinajstić information content (AvgIpc) is 3.31. The van der Waals surface area contributed by atoms with Crippen LogP contribution < -0.4 is 14.8 Å². The van der Waals surface area contributed by atoms with E-state index < -0.39 is 28.1 Å². The maximum atomic E-state index is 12.8. The van der Waals surface area contributed by atoms with Crippen molar-refractivity contribution in [2.45, 2.75) is 24.4 Å². The van der Waals surface area contributed by atoms with Crippen LogP contribution in [0.1, 0.15) is 18.3 Å². The zero-order valence-electron chi connectivity index (χ0n) is 20.3. The Morgan fingerprint density at radius 3 is 2.35 bits per heavy atom. The SMILES string of the molecule is [2H]C1(Cc2ccc(OCc3nc4ccc(Oc5ccc(C(F)(F)F)cc5)cc4n3C)cc2)SC(=O)NC1=O. The van der Waals surface area contributed by atoms with E-state index in [-0.39, 0.29) is 18.8 Å². The number of aryl methyl sites for hydroxylation is 1. The van der Waals surface area contributed by atoms with Crippen molar-refractivity contribution < 1.29 is 33.6 Å². The third-order valence-electron chi connectivity index (χ3n) is 5.70. The van der Waals surface area contributed by atoms with Crippen molar-refractivity contribution in [2.75, 3.05) is 0 Å². The van der Waals surface area contributed by atoms with Crippen LogP contribution in [-0.2, 0) is 31.0 Å². The van der Waals surface area contributed by atoms with E-state index in [0.29, 0.717) is 40.2 Å². The molecular weight excluding hydrogens is 507 g/mol. The summed E-state index contributed by atoms with van der Waals surface area (Å²) in [5.74, 6) is 1.31. The van der Waals surface area contributed by atoms with Crippen molar-refractivity contribution in [2.24, 2.45) is 7.05 Å². The van der Waals surface area contributed by atoms with Gasteiger partial charge in [0.05, 0.1) is 23.2 Å². The van der Waals surface area contributed by atoms with Crippen molar-refractivity contribution >= 4 is 33.9 Å². The molecule has 11 heteroatoms. The van der Waals surface area contributed by atoms with Gasteiger partial charge >= 0.3 is 6.18 Å². The van der Waals surface area contributed by atoms with Gasteiger partial charge in [0.15, 0.2) is 0 Å². The number of hydrogen-bond donors (Lipinski definition) is 1. The van der Waals surface area contributed by atoms with Crippen LogP contribution in [0, 0.1) is 0 Å². The summed E-state index contributed by atoms with van der Waals surface area (Å²) in [6, 6.07) is 16.6. The first-order valence-corrected chi connectivity index (χ1v) is 11.9. The monoisotopic (exact) mass is 528 g/mol. The van der Waals surface area contributed by atoms with Crippen LogP contribution in [0.25, 0.3) is 11.0 Å². The minimum Gasteiger partial charge on any atom is -0.486 e. The zero-order valence-corrected chi connectivity index (χ0v) is 20.2. The van der Waals surface area contributed by atoms with E-state index >= 15 is 0 Å². The number of carbonyl (C=O) groups excluding carboxylic acids is 2. The number of benzene rings is 3. The summed E-state index contributed by atoms with van der Waals surface area (Å²) in [6.45, 7) is 0.161. The van der Waals surface area contributed by atoms with Gasteiger partial charge in [-0.05, 0) is 60.5 Å². The average molecular weight is 529 g/mol. The van der Waals surface area contributed by atoms with Crippen LogP contribution in [0.5, 0.6) is 17.2 Å². The van der Waals surface area contributed by atoms with E-state index in [0.717, 1.165) is 17.6 Å². The molecule has 1 fully saturated rings. The molecule has 4 aromatic rings. The lowest BCUT2D eigenvalue weighted by Crippen LogP contribution is -2.25. The molecule has 0 saturated carbocycles. The second-order valence-corrected chi connectivity index (χ2v) is 9.31. The van der Waals surface area contributed by atoms with Crippen molar-refractivity contribution in [1.29, 1.82) is 0 Å². The quantitative estimate of drug-likeness (QED) is 0.324. The normalized spacial score (nSPS) is 18.1. The third kappa shape index (κ3) is 5.56. The number of nitrogens with zero attached hydrogens (tertiary/aromatic N) is 2. The number of rotatable bonds is 7. The molecule has 0 radical (unpaired) electrons. The number of imide groups is 1. The van der Waals surface area contributed by atoms with Crippen LogP contribution in [0.4, 0.5) is 18.0 Å². The van der Waals surface area contributed by atoms with E-state index in [2.05, 4.69) is 10.3 Å². The van der Waals surface area contributed by atoms with Crippen LogP contribution in [0.2, 0.25) is 0 Å². The number of fused-ring (bicyclic) bond motifs is 1. The van der Waals surface area contributed by atoms with E-state index in [4.69, 9.17) is 10.8 Å². The number of carbonyl (C=O) groups is 2. The molecule has 1 aliphatic rings. The van der Waals surface area contributed by atoms with Gasteiger partial charge in [-0.2, -0.15) is 13.2 Å². The Balaban J connectivity index is 1.24. The van der Waals surface area contributed by atoms with Gasteiger partial charge < -0.3 is 14.0 Å². The summed E-state index contributed by atoms with van der Waals surface area (Å²) in [7, 11) is 1.82. The van der Waals surface area contributed by atoms with Crippen molar-refractivity contribution in [3.05, 3.63) is 83.7 Å². The van der Waals surface area contributed by atoms with Gasteiger partial charge in [0.2, 0.25) is 5.91 Å². The molecule has 0 spiro atoms. The lowest BCUT2D eigenvalue weighted by molar-refractivity contribution is -0.137. The van der Waals surface area contributed by atoms with Gasteiger partial charge in [-0.25, -0.2) is 4.98 Å².